The molecular weight excluding hydrogens is 545 g/mol. The summed E-state index contributed by atoms with van der Waals surface area (Å²) >= 11 is 7.56. The van der Waals surface area contributed by atoms with E-state index in [1.54, 1.807) is 12.1 Å². The van der Waals surface area contributed by atoms with Crippen molar-refractivity contribution >= 4 is 66.4 Å². The number of fused-ring (bicyclic) bond motifs is 1. The Bertz CT molecular complexity index is 1290. The molecule has 196 valence electrons. The summed E-state index contributed by atoms with van der Waals surface area (Å²) in [5.74, 6) is -0.610. The summed E-state index contributed by atoms with van der Waals surface area (Å²) in [5, 5.41) is 1.07. The van der Waals surface area contributed by atoms with Gasteiger partial charge in [0.25, 0.3) is 0 Å². The van der Waals surface area contributed by atoms with Crippen molar-refractivity contribution in [3.05, 3.63) is 47.0 Å². The third-order valence-corrected chi connectivity index (χ3v) is 8.72. The number of benzene rings is 2. The molecule has 1 aliphatic rings. The number of rotatable bonds is 9. The fraction of sp³-hybridized carbons (Fsp3) is 0.417. The topological polar surface area (TPSA) is 89.0 Å². The van der Waals surface area contributed by atoms with E-state index in [1.807, 2.05) is 19.1 Å². The van der Waals surface area contributed by atoms with E-state index < -0.39 is 21.5 Å². The van der Waals surface area contributed by atoms with E-state index in [1.165, 1.54) is 35.5 Å². The van der Waals surface area contributed by atoms with Crippen LogP contribution >= 0.6 is 35.3 Å². The SMILES string of the molecule is COc1ccc(S(=O)(=O)CC(=O)N(CCCN2CCOCC2)c2nc3c(C)cc(Cl)cc3s2)cc1.Cl. The Labute approximate surface area is 226 Å². The molecular formula is C24H29Cl2N3O5S2. The molecule has 0 spiro atoms. The van der Waals surface area contributed by atoms with Gasteiger partial charge < -0.3 is 9.47 Å². The van der Waals surface area contributed by atoms with Crippen LogP contribution in [0.3, 0.4) is 0 Å². The fourth-order valence-electron chi connectivity index (χ4n) is 3.97. The van der Waals surface area contributed by atoms with Crippen molar-refractivity contribution in [2.45, 2.75) is 18.2 Å². The van der Waals surface area contributed by atoms with Crippen molar-refractivity contribution < 1.29 is 22.7 Å². The summed E-state index contributed by atoms with van der Waals surface area (Å²) in [6.45, 7) is 6.14. The number of halogens is 2. The number of carbonyl (C=O) groups excluding carboxylic acids is 1. The van der Waals surface area contributed by atoms with Crippen molar-refractivity contribution in [1.29, 1.82) is 0 Å². The van der Waals surface area contributed by atoms with E-state index >= 15 is 0 Å². The maximum atomic E-state index is 13.4. The second kappa shape index (κ2) is 12.5. The smallest absolute Gasteiger partial charge is 0.244 e. The Morgan fingerprint density at radius 2 is 1.92 bits per heavy atom. The predicted octanol–water partition coefficient (Wildman–Crippen LogP) is 4.22. The average Bonchev–Trinajstić information content (AvgIpc) is 3.26. The minimum absolute atomic E-state index is 0. The zero-order valence-electron chi connectivity index (χ0n) is 20.1. The third-order valence-electron chi connectivity index (χ3n) is 5.86. The highest BCUT2D eigenvalue weighted by atomic mass is 35.5. The van der Waals surface area contributed by atoms with Crippen LogP contribution in [0.2, 0.25) is 5.02 Å². The number of sulfone groups is 1. The van der Waals surface area contributed by atoms with Gasteiger partial charge in [-0.2, -0.15) is 0 Å². The van der Waals surface area contributed by atoms with Gasteiger partial charge in [0.2, 0.25) is 5.91 Å². The number of methoxy groups -OCH3 is 1. The Morgan fingerprint density at radius 1 is 1.22 bits per heavy atom. The Hall–Kier alpha value is -1.95. The molecule has 0 saturated carbocycles. The van der Waals surface area contributed by atoms with Crippen LogP contribution in [0.4, 0.5) is 5.13 Å². The van der Waals surface area contributed by atoms with Crippen LogP contribution in [0.25, 0.3) is 10.2 Å². The number of carbonyl (C=O) groups is 1. The molecule has 36 heavy (non-hydrogen) atoms. The minimum atomic E-state index is -3.85. The molecule has 8 nitrogen and oxygen atoms in total. The molecule has 0 unspecified atom stereocenters. The van der Waals surface area contributed by atoms with Crippen molar-refractivity contribution in [3.8, 4) is 5.75 Å². The first-order valence-corrected chi connectivity index (χ1v) is 14.2. The van der Waals surface area contributed by atoms with Crippen LogP contribution in [0.1, 0.15) is 12.0 Å². The number of hydrogen-bond donors (Lipinski definition) is 0. The summed E-state index contributed by atoms with van der Waals surface area (Å²) in [7, 11) is -2.34. The molecule has 4 rings (SSSR count). The van der Waals surface area contributed by atoms with Gasteiger partial charge in [0, 0.05) is 31.2 Å². The van der Waals surface area contributed by atoms with Gasteiger partial charge in [-0.05, 0) is 55.3 Å². The van der Waals surface area contributed by atoms with Gasteiger partial charge in [-0.1, -0.05) is 22.9 Å². The van der Waals surface area contributed by atoms with Gasteiger partial charge in [0.05, 0.1) is 35.4 Å². The van der Waals surface area contributed by atoms with E-state index in [9.17, 15) is 13.2 Å². The Kier molecular flexibility index (Phi) is 9.96. The van der Waals surface area contributed by atoms with Crippen molar-refractivity contribution in [1.82, 2.24) is 9.88 Å². The average molecular weight is 575 g/mol. The molecule has 12 heteroatoms. The molecule has 2 heterocycles. The van der Waals surface area contributed by atoms with Crippen LogP contribution < -0.4 is 9.64 Å². The van der Waals surface area contributed by atoms with Crippen LogP contribution in [0.15, 0.2) is 41.3 Å². The molecule has 1 amide bonds. The number of thiazole rings is 1. The lowest BCUT2D eigenvalue weighted by Crippen LogP contribution is -2.40. The van der Waals surface area contributed by atoms with Crippen molar-refractivity contribution in [3.63, 3.8) is 0 Å². The molecule has 2 aromatic carbocycles. The number of nitrogens with zero attached hydrogens (tertiary/aromatic N) is 3. The van der Waals surface area contributed by atoms with Crippen LogP contribution in [0.5, 0.6) is 5.75 Å². The van der Waals surface area contributed by atoms with E-state index in [2.05, 4.69) is 9.88 Å². The Balaban J connectivity index is 0.00000361. The lowest BCUT2D eigenvalue weighted by molar-refractivity contribution is -0.116. The molecule has 0 N–H and O–H groups in total. The largest absolute Gasteiger partial charge is 0.497 e. The van der Waals surface area contributed by atoms with Gasteiger partial charge >= 0.3 is 0 Å². The van der Waals surface area contributed by atoms with Crippen molar-refractivity contribution in [2.75, 3.05) is 57.2 Å². The standard InChI is InChI=1S/C24H28ClN3O5S2.ClH/c1-17-14-18(25)15-21-23(17)26-24(34-21)28(9-3-8-27-10-12-33-13-11-27)22(29)16-35(30,31)20-6-4-19(32-2)5-7-20;/h4-7,14-15H,3,8-13,16H2,1-2H3;1H. The number of ether oxygens (including phenoxy) is 2. The predicted molar refractivity (Wildman–Crippen MR) is 146 cm³/mol. The lowest BCUT2D eigenvalue weighted by Gasteiger charge is -2.27. The number of amides is 1. The first-order valence-electron chi connectivity index (χ1n) is 11.3. The zero-order chi connectivity index (χ0) is 25.0. The summed E-state index contributed by atoms with van der Waals surface area (Å²) < 4.78 is 37.4. The molecule has 1 aromatic heterocycles. The maximum absolute atomic E-state index is 13.4. The molecule has 0 atom stereocenters. The number of anilines is 1. The lowest BCUT2D eigenvalue weighted by atomic mass is 10.2. The van der Waals surface area contributed by atoms with E-state index in [0.29, 0.717) is 42.1 Å². The zero-order valence-corrected chi connectivity index (χ0v) is 23.3. The van der Waals surface area contributed by atoms with Gasteiger partial charge in [-0.25, -0.2) is 13.4 Å². The highest BCUT2D eigenvalue weighted by Crippen LogP contribution is 2.33. The van der Waals surface area contributed by atoms with Gasteiger partial charge in [-0.15, -0.1) is 12.4 Å². The van der Waals surface area contributed by atoms with Crippen LogP contribution in [-0.2, 0) is 19.4 Å². The maximum Gasteiger partial charge on any atom is 0.244 e. The molecule has 0 aliphatic carbocycles. The van der Waals surface area contributed by atoms with Crippen LogP contribution in [-0.4, -0.2) is 76.5 Å². The molecule has 1 aliphatic heterocycles. The fourth-order valence-corrected chi connectivity index (χ4v) is 6.63. The van der Waals surface area contributed by atoms with E-state index in [-0.39, 0.29) is 17.3 Å². The highest BCUT2D eigenvalue weighted by Gasteiger charge is 2.27. The molecule has 1 saturated heterocycles. The molecule has 0 bridgehead atoms. The van der Waals surface area contributed by atoms with E-state index in [0.717, 1.165) is 35.4 Å². The first kappa shape index (κ1) is 28.6. The van der Waals surface area contributed by atoms with Gasteiger partial charge in [0.1, 0.15) is 11.5 Å². The number of hydrogen-bond acceptors (Lipinski definition) is 8. The monoisotopic (exact) mass is 573 g/mol. The number of aromatic nitrogens is 1. The third kappa shape index (κ3) is 6.87. The normalized spacial score (nSPS) is 14.4. The second-order valence-corrected chi connectivity index (χ2v) is 11.8. The summed E-state index contributed by atoms with van der Waals surface area (Å²) in [4.78, 5) is 21.9. The summed E-state index contributed by atoms with van der Waals surface area (Å²) in [5.41, 5.74) is 1.67. The van der Waals surface area contributed by atoms with Gasteiger partial charge in [-0.3, -0.25) is 14.6 Å². The van der Waals surface area contributed by atoms with Crippen LogP contribution in [0, 0.1) is 6.92 Å². The summed E-state index contributed by atoms with van der Waals surface area (Å²) in [6.07, 6.45) is 0.685. The molecule has 3 aromatic rings. The minimum Gasteiger partial charge on any atom is -0.497 e. The number of morpholine rings is 1. The second-order valence-electron chi connectivity index (χ2n) is 8.35. The number of aryl methyl sites for hydroxylation is 1. The molecule has 0 radical (unpaired) electrons. The van der Waals surface area contributed by atoms with E-state index in [4.69, 9.17) is 21.1 Å². The van der Waals surface area contributed by atoms with Crippen molar-refractivity contribution in [2.24, 2.45) is 0 Å². The quantitative estimate of drug-likeness (QED) is 0.378. The highest BCUT2D eigenvalue weighted by molar-refractivity contribution is 7.92. The molecule has 1 fully saturated rings. The first-order chi connectivity index (χ1) is 16.8. The van der Waals surface area contributed by atoms with Gasteiger partial charge in [0.15, 0.2) is 15.0 Å². The Morgan fingerprint density at radius 3 is 2.58 bits per heavy atom. The summed E-state index contributed by atoms with van der Waals surface area (Å²) in [6, 6.07) is 9.68.